The predicted octanol–water partition coefficient (Wildman–Crippen LogP) is 0.607. The number of piperidine rings is 1. The number of hydrogen-bond donors (Lipinski definition) is 1. The van der Waals surface area contributed by atoms with Crippen LogP contribution in [0.1, 0.15) is 25.7 Å². The normalized spacial score (nSPS) is 37.0. The largest absolute Gasteiger partial charge is 0.338 e. The van der Waals surface area contributed by atoms with Gasteiger partial charge in [-0.05, 0) is 38.1 Å². The average molecular weight is 194 g/mol. The maximum atomic E-state index is 12.0. The van der Waals surface area contributed by atoms with Gasteiger partial charge in [0.05, 0.1) is 0 Å². The van der Waals surface area contributed by atoms with Gasteiger partial charge in [0.15, 0.2) is 0 Å². The SMILES string of the molecule is O=C(C1CC1)N1CC[C@@H]2CCNC[C@@H]21. The third-order valence-corrected chi connectivity index (χ3v) is 3.94. The molecule has 1 aliphatic carbocycles. The fraction of sp³-hybridized carbons (Fsp3) is 0.909. The molecule has 0 unspecified atom stereocenters. The Morgan fingerprint density at radius 2 is 2.07 bits per heavy atom. The Hall–Kier alpha value is -0.570. The number of nitrogens with zero attached hydrogens (tertiary/aromatic N) is 1. The van der Waals surface area contributed by atoms with E-state index < -0.39 is 0 Å². The van der Waals surface area contributed by atoms with E-state index in [1.165, 1.54) is 12.8 Å². The molecule has 0 aromatic heterocycles. The molecule has 14 heavy (non-hydrogen) atoms. The maximum absolute atomic E-state index is 12.0. The molecule has 2 atom stereocenters. The lowest BCUT2D eigenvalue weighted by molar-refractivity contribution is -0.133. The Morgan fingerprint density at radius 1 is 1.21 bits per heavy atom. The van der Waals surface area contributed by atoms with Crippen molar-refractivity contribution < 1.29 is 4.79 Å². The number of carbonyl (C=O) groups excluding carboxylic acids is 1. The van der Waals surface area contributed by atoms with Crippen molar-refractivity contribution in [2.24, 2.45) is 11.8 Å². The molecule has 1 saturated carbocycles. The maximum Gasteiger partial charge on any atom is 0.225 e. The van der Waals surface area contributed by atoms with Crippen molar-refractivity contribution >= 4 is 5.91 Å². The highest BCUT2D eigenvalue weighted by molar-refractivity contribution is 5.81. The topological polar surface area (TPSA) is 32.3 Å². The summed E-state index contributed by atoms with van der Waals surface area (Å²) in [7, 11) is 0. The van der Waals surface area contributed by atoms with Crippen LogP contribution in [0.3, 0.4) is 0 Å². The molecular weight excluding hydrogens is 176 g/mol. The Morgan fingerprint density at radius 3 is 2.86 bits per heavy atom. The lowest BCUT2D eigenvalue weighted by Gasteiger charge is -2.32. The zero-order valence-corrected chi connectivity index (χ0v) is 8.54. The summed E-state index contributed by atoms with van der Waals surface area (Å²) in [5.41, 5.74) is 0. The van der Waals surface area contributed by atoms with Gasteiger partial charge >= 0.3 is 0 Å². The van der Waals surface area contributed by atoms with E-state index in [2.05, 4.69) is 10.2 Å². The third-order valence-electron chi connectivity index (χ3n) is 3.94. The van der Waals surface area contributed by atoms with Crippen molar-refractivity contribution in [3.05, 3.63) is 0 Å². The van der Waals surface area contributed by atoms with Gasteiger partial charge in [-0.2, -0.15) is 0 Å². The van der Waals surface area contributed by atoms with Crippen LogP contribution in [-0.4, -0.2) is 36.5 Å². The predicted molar refractivity (Wildman–Crippen MR) is 53.8 cm³/mol. The summed E-state index contributed by atoms with van der Waals surface area (Å²) in [5.74, 6) is 1.64. The zero-order chi connectivity index (χ0) is 9.54. The number of amides is 1. The highest BCUT2D eigenvalue weighted by Gasteiger charge is 2.42. The van der Waals surface area contributed by atoms with Crippen LogP contribution in [0, 0.1) is 11.8 Å². The van der Waals surface area contributed by atoms with Crippen LogP contribution < -0.4 is 5.32 Å². The summed E-state index contributed by atoms with van der Waals surface area (Å²) in [4.78, 5) is 14.1. The molecule has 3 nitrogen and oxygen atoms in total. The van der Waals surface area contributed by atoms with Crippen molar-refractivity contribution in [2.75, 3.05) is 19.6 Å². The molecule has 3 aliphatic rings. The molecule has 0 aromatic rings. The van der Waals surface area contributed by atoms with Crippen molar-refractivity contribution in [1.29, 1.82) is 0 Å². The first-order chi connectivity index (χ1) is 6.86. The number of carbonyl (C=O) groups is 1. The van der Waals surface area contributed by atoms with Gasteiger partial charge in [-0.3, -0.25) is 4.79 Å². The minimum atomic E-state index is 0.399. The quantitative estimate of drug-likeness (QED) is 0.663. The van der Waals surface area contributed by atoms with Crippen molar-refractivity contribution in [2.45, 2.75) is 31.7 Å². The van der Waals surface area contributed by atoms with E-state index in [-0.39, 0.29) is 0 Å². The number of nitrogens with one attached hydrogen (secondary N) is 1. The van der Waals surface area contributed by atoms with Crippen LogP contribution >= 0.6 is 0 Å². The van der Waals surface area contributed by atoms with Gasteiger partial charge < -0.3 is 10.2 Å². The summed E-state index contributed by atoms with van der Waals surface area (Å²) in [5, 5.41) is 3.41. The smallest absolute Gasteiger partial charge is 0.225 e. The van der Waals surface area contributed by atoms with Crippen molar-refractivity contribution in [3.63, 3.8) is 0 Å². The molecule has 0 bridgehead atoms. The Bertz CT molecular complexity index is 250. The molecule has 3 fully saturated rings. The minimum absolute atomic E-state index is 0.399. The number of rotatable bonds is 1. The lowest BCUT2D eigenvalue weighted by atomic mass is 9.93. The van der Waals surface area contributed by atoms with Crippen molar-refractivity contribution in [3.8, 4) is 0 Å². The first-order valence-electron chi connectivity index (χ1n) is 5.87. The van der Waals surface area contributed by atoms with Crippen LogP contribution in [0.5, 0.6) is 0 Å². The number of fused-ring (bicyclic) bond motifs is 1. The Balaban J connectivity index is 1.71. The zero-order valence-electron chi connectivity index (χ0n) is 8.54. The van der Waals surface area contributed by atoms with Gasteiger partial charge in [-0.15, -0.1) is 0 Å². The standard InChI is InChI=1S/C11H18N2O/c14-11(9-1-2-9)13-6-4-8-3-5-12-7-10(8)13/h8-10,12H,1-7H2/t8-,10-/m0/s1. The van der Waals surface area contributed by atoms with E-state index in [1.807, 2.05) is 0 Å². The molecule has 0 radical (unpaired) electrons. The van der Waals surface area contributed by atoms with Crippen molar-refractivity contribution in [1.82, 2.24) is 10.2 Å². The third kappa shape index (κ3) is 1.34. The monoisotopic (exact) mass is 194 g/mol. The highest BCUT2D eigenvalue weighted by Crippen LogP contribution is 2.36. The highest BCUT2D eigenvalue weighted by atomic mass is 16.2. The van der Waals surface area contributed by atoms with Crippen LogP contribution in [0.25, 0.3) is 0 Å². The molecule has 3 heteroatoms. The van der Waals surface area contributed by atoms with Gasteiger partial charge in [0.2, 0.25) is 5.91 Å². The van der Waals surface area contributed by atoms with Gasteiger partial charge in [-0.1, -0.05) is 0 Å². The van der Waals surface area contributed by atoms with E-state index in [1.54, 1.807) is 0 Å². The molecule has 78 valence electrons. The molecule has 0 aromatic carbocycles. The number of hydrogen-bond acceptors (Lipinski definition) is 2. The van der Waals surface area contributed by atoms with Crippen LogP contribution in [0.2, 0.25) is 0 Å². The van der Waals surface area contributed by atoms with E-state index in [9.17, 15) is 4.79 Å². The van der Waals surface area contributed by atoms with Crippen LogP contribution in [0.15, 0.2) is 0 Å². The first-order valence-corrected chi connectivity index (χ1v) is 5.87. The van der Waals surface area contributed by atoms with E-state index in [0.717, 1.165) is 38.4 Å². The van der Waals surface area contributed by atoms with Gasteiger partial charge in [0, 0.05) is 25.0 Å². The summed E-state index contributed by atoms with van der Waals surface area (Å²) in [6.45, 7) is 3.20. The fourth-order valence-electron chi connectivity index (χ4n) is 2.91. The second kappa shape index (κ2) is 3.23. The second-order valence-electron chi connectivity index (χ2n) is 4.91. The molecule has 2 saturated heterocycles. The molecule has 2 aliphatic heterocycles. The number of likely N-dealkylation sites (tertiary alicyclic amines) is 1. The molecule has 1 N–H and O–H groups in total. The molecular formula is C11H18N2O. The Kier molecular flexibility index (Phi) is 2.01. The molecule has 0 spiro atoms. The average Bonchev–Trinajstić information content (AvgIpc) is 2.97. The van der Waals surface area contributed by atoms with E-state index in [4.69, 9.17) is 0 Å². The summed E-state index contributed by atoms with van der Waals surface area (Å²) >= 11 is 0. The minimum Gasteiger partial charge on any atom is -0.338 e. The first kappa shape index (κ1) is 8.72. The molecule has 2 heterocycles. The fourth-order valence-corrected chi connectivity index (χ4v) is 2.91. The lowest BCUT2D eigenvalue weighted by Crippen LogP contribution is -2.48. The summed E-state index contributed by atoms with van der Waals surface area (Å²) in [6, 6.07) is 0.525. The van der Waals surface area contributed by atoms with Crippen LogP contribution in [-0.2, 0) is 4.79 Å². The summed E-state index contributed by atoms with van der Waals surface area (Å²) < 4.78 is 0. The van der Waals surface area contributed by atoms with E-state index >= 15 is 0 Å². The van der Waals surface area contributed by atoms with Crippen LogP contribution in [0.4, 0.5) is 0 Å². The molecule has 3 rings (SSSR count). The van der Waals surface area contributed by atoms with Gasteiger partial charge in [0.25, 0.3) is 0 Å². The van der Waals surface area contributed by atoms with Gasteiger partial charge in [0.1, 0.15) is 0 Å². The summed E-state index contributed by atoms with van der Waals surface area (Å²) in [6.07, 6.45) is 4.78. The second-order valence-corrected chi connectivity index (χ2v) is 4.91. The van der Waals surface area contributed by atoms with Gasteiger partial charge in [-0.25, -0.2) is 0 Å². The molecule has 1 amide bonds. The van der Waals surface area contributed by atoms with E-state index in [0.29, 0.717) is 17.9 Å². The Labute approximate surface area is 84.8 Å².